The molecule has 0 aliphatic carbocycles. The monoisotopic (exact) mass is 502 g/mol. The van der Waals surface area contributed by atoms with Gasteiger partial charge in [-0.25, -0.2) is 4.68 Å². The summed E-state index contributed by atoms with van der Waals surface area (Å²) in [6, 6.07) is 17.5. The fourth-order valence-corrected chi connectivity index (χ4v) is 4.20. The van der Waals surface area contributed by atoms with Crippen LogP contribution >= 0.6 is 0 Å². The fraction of sp³-hybridized carbons (Fsp3) is 0.357. The molecule has 194 valence electrons. The Kier molecular flexibility index (Phi) is 7.61. The third kappa shape index (κ3) is 5.66. The topological polar surface area (TPSA) is 94.3 Å². The number of para-hydroxylation sites is 1. The van der Waals surface area contributed by atoms with Crippen LogP contribution in [0.25, 0.3) is 11.0 Å². The third-order valence-corrected chi connectivity index (χ3v) is 6.50. The van der Waals surface area contributed by atoms with Gasteiger partial charge in [-0.1, -0.05) is 30.3 Å². The van der Waals surface area contributed by atoms with Gasteiger partial charge in [-0.05, 0) is 63.6 Å². The predicted octanol–water partition coefficient (Wildman–Crippen LogP) is 4.25. The van der Waals surface area contributed by atoms with Crippen LogP contribution in [0, 0.1) is 0 Å². The Bertz CT molecular complexity index is 1390. The van der Waals surface area contributed by atoms with Crippen molar-refractivity contribution in [3.05, 3.63) is 72.6 Å². The Hall–Kier alpha value is -4.14. The van der Waals surface area contributed by atoms with Crippen molar-refractivity contribution in [3.63, 3.8) is 0 Å². The molecule has 0 unspecified atom stereocenters. The molecule has 2 amide bonds. The molecule has 1 atom stereocenters. The van der Waals surface area contributed by atoms with Crippen LogP contribution in [0.3, 0.4) is 0 Å². The standard InChI is InChI=1S/C28H34N6O3/c1-6-28(3,4)29-27(36)26(24-16-11-17-32(24)5)34(20-12-10-13-21(18-20)37-7-2)25(35)19-33-23-15-9-8-14-22(23)30-31-33/h8-18,26H,6-7,19H2,1-5H3,(H,29,36)/t26-/m0/s1. The molecule has 37 heavy (non-hydrogen) atoms. The summed E-state index contributed by atoms with van der Waals surface area (Å²) in [5.74, 6) is 0.0381. The largest absolute Gasteiger partial charge is 0.494 e. The summed E-state index contributed by atoms with van der Waals surface area (Å²) in [5, 5.41) is 11.5. The number of hydrogen-bond acceptors (Lipinski definition) is 5. The number of aryl methyl sites for hydroxylation is 1. The number of anilines is 1. The van der Waals surface area contributed by atoms with Crippen LogP contribution in [-0.4, -0.2) is 43.5 Å². The summed E-state index contributed by atoms with van der Waals surface area (Å²) in [5.41, 5.74) is 2.22. The molecular formula is C28H34N6O3. The molecule has 2 aromatic heterocycles. The highest BCUT2D eigenvalue weighted by molar-refractivity contribution is 6.01. The van der Waals surface area contributed by atoms with E-state index in [1.807, 2.05) is 100 Å². The number of rotatable bonds is 10. The number of fused-ring (bicyclic) bond motifs is 1. The zero-order valence-electron chi connectivity index (χ0n) is 22.0. The SMILES string of the molecule is CCOc1cccc(N(C(=O)Cn2nnc3ccccc32)[C@H](C(=O)NC(C)(C)CC)c2cccn2C)c1. The molecule has 0 aliphatic heterocycles. The van der Waals surface area contributed by atoms with E-state index in [1.54, 1.807) is 10.7 Å². The van der Waals surface area contributed by atoms with Crippen LogP contribution in [0.5, 0.6) is 5.75 Å². The van der Waals surface area contributed by atoms with Gasteiger partial charge in [-0.2, -0.15) is 0 Å². The first-order valence-electron chi connectivity index (χ1n) is 12.5. The summed E-state index contributed by atoms with van der Waals surface area (Å²) < 4.78 is 9.15. The molecule has 4 rings (SSSR count). The van der Waals surface area contributed by atoms with E-state index in [0.29, 0.717) is 29.3 Å². The van der Waals surface area contributed by atoms with E-state index in [1.165, 1.54) is 4.90 Å². The predicted molar refractivity (Wildman–Crippen MR) is 143 cm³/mol. The lowest BCUT2D eigenvalue weighted by atomic mass is 10.00. The highest BCUT2D eigenvalue weighted by Crippen LogP contribution is 2.32. The molecular weight excluding hydrogens is 468 g/mol. The van der Waals surface area contributed by atoms with Gasteiger partial charge in [-0.15, -0.1) is 5.10 Å². The summed E-state index contributed by atoms with van der Waals surface area (Å²) in [6.45, 7) is 8.24. The molecule has 0 bridgehead atoms. The molecule has 1 N–H and O–H groups in total. The van der Waals surface area contributed by atoms with E-state index in [0.717, 1.165) is 11.9 Å². The number of carbonyl (C=O) groups is 2. The van der Waals surface area contributed by atoms with Crippen molar-refractivity contribution in [1.82, 2.24) is 24.9 Å². The number of aromatic nitrogens is 4. The van der Waals surface area contributed by atoms with E-state index >= 15 is 0 Å². The van der Waals surface area contributed by atoms with Crippen LogP contribution in [0.4, 0.5) is 5.69 Å². The zero-order chi connectivity index (χ0) is 26.6. The first-order valence-corrected chi connectivity index (χ1v) is 12.5. The first kappa shape index (κ1) is 25.9. The van der Waals surface area contributed by atoms with E-state index in [2.05, 4.69) is 15.6 Å². The van der Waals surface area contributed by atoms with Gasteiger partial charge in [-0.3, -0.25) is 14.5 Å². The van der Waals surface area contributed by atoms with Crippen LogP contribution in [0.15, 0.2) is 66.9 Å². The van der Waals surface area contributed by atoms with Gasteiger partial charge in [0, 0.05) is 30.5 Å². The van der Waals surface area contributed by atoms with Gasteiger partial charge < -0.3 is 14.6 Å². The van der Waals surface area contributed by atoms with Gasteiger partial charge in [0.05, 0.1) is 17.8 Å². The van der Waals surface area contributed by atoms with Gasteiger partial charge in [0.2, 0.25) is 11.8 Å². The summed E-state index contributed by atoms with van der Waals surface area (Å²) in [4.78, 5) is 29.6. The van der Waals surface area contributed by atoms with Crippen molar-refractivity contribution in [2.45, 2.75) is 52.2 Å². The van der Waals surface area contributed by atoms with Crippen LogP contribution in [0.2, 0.25) is 0 Å². The number of nitrogens with zero attached hydrogens (tertiary/aromatic N) is 5. The minimum Gasteiger partial charge on any atom is -0.494 e. The Morgan fingerprint density at radius 1 is 1.08 bits per heavy atom. The lowest BCUT2D eigenvalue weighted by molar-refractivity contribution is -0.128. The fourth-order valence-electron chi connectivity index (χ4n) is 4.20. The van der Waals surface area contributed by atoms with Crippen molar-refractivity contribution < 1.29 is 14.3 Å². The summed E-state index contributed by atoms with van der Waals surface area (Å²) >= 11 is 0. The second kappa shape index (κ2) is 10.9. The molecule has 9 nitrogen and oxygen atoms in total. The van der Waals surface area contributed by atoms with E-state index in [4.69, 9.17) is 4.74 Å². The lowest BCUT2D eigenvalue weighted by Crippen LogP contribution is -2.51. The van der Waals surface area contributed by atoms with Crippen LogP contribution in [0.1, 0.15) is 45.9 Å². The summed E-state index contributed by atoms with van der Waals surface area (Å²) in [7, 11) is 1.87. The molecule has 9 heteroatoms. The lowest BCUT2D eigenvalue weighted by Gasteiger charge is -2.34. The Morgan fingerprint density at radius 2 is 1.86 bits per heavy atom. The maximum absolute atomic E-state index is 14.1. The first-order chi connectivity index (χ1) is 17.7. The molecule has 0 saturated heterocycles. The van der Waals surface area contributed by atoms with Gasteiger partial charge in [0.1, 0.15) is 17.8 Å². The average molecular weight is 503 g/mol. The molecule has 2 aromatic carbocycles. The van der Waals surface area contributed by atoms with E-state index in [-0.39, 0.29) is 18.4 Å². The maximum Gasteiger partial charge on any atom is 0.249 e. The van der Waals surface area contributed by atoms with Crippen LogP contribution in [-0.2, 0) is 23.2 Å². The van der Waals surface area contributed by atoms with Crippen molar-refractivity contribution in [2.75, 3.05) is 11.5 Å². The molecule has 0 fully saturated rings. The zero-order valence-corrected chi connectivity index (χ0v) is 22.0. The average Bonchev–Trinajstić information content (AvgIpc) is 3.48. The smallest absolute Gasteiger partial charge is 0.249 e. The van der Waals surface area contributed by atoms with Crippen molar-refractivity contribution in [3.8, 4) is 5.75 Å². The number of amides is 2. The Balaban J connectivity index is 1.83. The Morgan fingerprint density at radius 3 is 2.57 bits per heavy atom. The third-order valence-electron chi connectivity index (χ3n) is 6.50. The molecule has 4 aromatic rings. The van der Waals surface area contributed by atoms with Crippen molar-refractivity contribution in [1.29, 1.82) is 0 Å². The number of hydrogen-bond donors (Lipinski definition) is 1. The molecule has 0 spiro atoms. The van der Waals surface area contributed by atoms with Gasteiger partial charge in [0.25, 0.3) is 0 Å². The number of benzene rings is 2. The second-order valence-electron chi connectivity index (χ2n) is 9.60. The number of nitrogens with one attached hydrogen (secondary N) is 1. The molecule has 0 radical (unpaired) electrons. The van der Waals surface area contributed by atoms with Gasteiger partial charge >= 0.3 is 0 Å². The maximum atomic E-state index is 14.1. The number of carbonyl (C=O) groups excluding carboxylic acids is 2. The molecule has 2 heterocycles. The second-order valence-corrected chi connectivity index (χ2v) is 9.60. The molecule has 0 aliphatic rings. The molecule has 0 saturated carbocycles. The van der Waals surface area contributed by atoms with Crippen molar-refractivity contribution >= 4 is 28.5 Å². The highest BCUT2D eigenvalue weighted by atomic mass is 16.5. The Labute approximate surface area is 217 Å². The minimum atomic E-state index is -0.926. The van der Waals surface area contributed by atoms with Crippen molar-refractivity contribution in [2.24, 2.45) is 7.05 Å². The van der Waals surface area contributed by atoms with E-state index in [9.17, 15) is 9.59 Å². The van der Waals surface area contributed by atoms with Crippen LogP contribution < -0.4 is 15.0 Å². The number of ether oxygens (including phenoxy) is 1. The minimum absolute atomic E-state index is 0.0925. The normalized spacial score (nSPS) is 12.4. The van der Waals surface area contributed by atoms with Gasteiger partial charge in [0.15, 0.2) is 6.04 Å². The highest BCUT2D eigenvalue weighted by Gasteiger charge is 2.36. The summed E-state index contributed by atoms with van der Waals surface area (Å²) in [6.07, 6.45) is 2.60. The quantitative estimate of drug-likeness (QED) is 0.350. The van der Waals surface area contributed by atoms with E-state index < -0.39 is 11.6 Å².